The third-order valence-electron chi connectivity index (χ3n) is 3.26. The zero-order chi connectivity index (χ0) is 20.7. The van der Waals surface area contributed by atoms with Crippen LogP contribution in [0.4, 0.5) is 0 Å². The van der Waals surface area contributed by atoms with Crippen LogP contribution in [0.1, 0.15) is 65.9 Å². The second-order valence-electron chi connectivity index (χ2n) is 5.26. The van der Waals surface area contributed by atoms with E-state index in [-0.39, 0.29) is 12.3 Å². The smallest absolute Gasteiger partial charge is 0.225 e. The van der Waals surface area contributed by atoms with E-state index in [0.29, 0.717) is 12.5 Å². The van der Waals surface area contributed by atoms with Gasteiger partial charge in [0.15, 0.2) is 0 Å². The summed E-state index contributed by atoms with van der Waals surface area (Å²) in [4.78, 5) is 16.0. The Labute approximate surface area is 164 Å². The monoisotopic (exact) mass is 379 g/mol. The average Bonchev–Trinajstić information content (AvgIpc) is 2.98. The van der Waals surface area contributed by atoms with Crippen LogP contribution in [0.5, 0.6) is 0 Å². The number of nitrogens with two attached hydrogens (primary N) is 1. The lowest BCUT2D eigenvalue weighted by molar-refractivity contribution is -0.117. The summed E-state index contributed by atoms with van der Waals surface area (Å²) in [5.41, 5.74) is 7.53. The number of hydrogen-bond acceptors (Lipinski definition) is 3. The molecule has 0 aliphatic heterocycles. The number of allylic oxidation sites excluding steroid dienone is 5. The van der Waals surface area contributed by atoms with Gasteiger partial charge >= 0.3 is 0 Å². The standard InChI is InChI=1S/C17H25N3OS.2C2H6/c1-6-8-9-13(7-2)11-20-15(10-14(18)21)19-16(12(3)4)17(20)22-5;2*1-2/h6-9,12H,1,10-11H2,2-5H3,(H2,18,21);2*1-2H3/b9-8-,13-7+;;. The van der Waals surface area contributed by atoms with Crippen molar-refractivity contribution < 1.29 is 4.79 Å². The molecular formula is C21H37N3OS. The van der Waals surface area contributed by atoms with Gasteiger partial charge in [-0.15, -0.1) is 11.8 Å². The molecule has 0 atom stereocenters. The minimum Gasteiger partial charge on any atom is -0.369 e. The number of carbonyl (C=O) groups excluding carboxylic acids is 1. The Kier molecular flexibility index (Phi) is 15.8. The van der Waals surface area contributed by atoms with Crippen molar-refractivity contribution in [2.24, 2.45) is 5.73 Å². The molecule has 0 fully saturated rings. The topological polar surface area (TPSA) is 60.9 Å². The van der Waals surface area contributed by atoms with Gasteiger partial charge in [-0.05, 0) is 24.7 Å². The highest BCUT2D eigenvalue weighted by Crippen LogP contribution is 2.29. The number of imidazole rings is 1. The average molecular weight is 380 g/mol. The van der Waals surface area contributed by atoms with Crippen molar-refractivity contribution in [1.82, 2.24) is 9.55 Å². The molecule has 0 saturated heterocycles. The molecule has 2 N–H and O–H groups in total. The number of thioether (sulfide) groups is 1. The maximum Gasteiger partial charge on any atom is 0.225 e. The molecule has 5 heteroatoms. The summed E-state index contributed by atoms with van der Waals surface area (Å²) >= 11 is 1.65. The normalized spacial score (nSPS) is 10.9. The number of nitrogens with zero attached hydrogens (tertiary/aromatic N) is 2. The molecule has 0 bridgehead atoms. The Bertz CT molecular complexity index is 599. The van der Waals surface area contributed by atoms with E-state index < -0.39 is 0 Å². The highest BCUT2D eigenvalue weighted by atomic mass is 32.2. The summed E-state index contributed by atoms with van der Waals surface area (Å²) in [6, 6.07) is 0. The fraction of sp³-hybridized carbons (Fsp3) is 0.524. The van der Waals surface area contributed by atoms with Crippen LogP contribution < -0.4 is 5.73 Å². The fourth-order valence-electron chi connectivity index (χ4n) is 2.16. The van der Waals surface area contributed by atoms with Crippen LogP contribution in [0.2, 0.25) is 0 Å². The second kappa shape index (κ2) is 15.5. The van der Waals surface area contributed by atoms with Crippen LogP contribution in [0.25, 0.3) is 0 Å². The molecule has 0 unspecified atom stereocenters. The summed E-state index contributed by atoms with van der Waals surface area (Å²) in [6.07, 6.45) is 9.90. The van der Waals surface area contributed by atoms with Gasteiger partial charge in [-0.1, -0.05) is 72.4 Å². The Morgan fingerprint density at radius 1 is 1.31 bits per heavy atom. The van der Waals surface area contributed by atoms with E-state index in [2.05, 4.69) is 30.0 Å². The van der Waals surface area contributed by atoms with E-state index in [0.717, 1.165) is 22.1 Å². The number of aromatic nitrogens is 2. The van der Waals surface area contributed by atoms with Crippen LogP contribution in [-0.2, 0) is 17.8 Å². The number of amides is 1. The molecule has 0 aromatic carbocycles. The van der Waals surface area contributed by atoms with Gasteiger partial charge in [0.1, 0.15) is 5.82 Å². The Balaban J connectivity index is 0. The van der Waals surface area contributed by atoms with Crippen molar-refractivity contribution in [2.75, 3.05) is 6.26 Å². The summed E-state index contributed by atoms with van der Waals surface area (Å²) < 4.78 is 2.09. The molecule has 0 aliphatic rings. The first-order valence-electron chi connectivity index (χ1n) is 9.30. The van der Waals surface area contributed by atoms with Crippen molar-refractivity contribution in [2.45, 2.75) is 72.4 Å². The molecule has 148 valence electrons. The maximum absolute atomic E-state index is 11.3. The maximum atomic E-state index is 11.3. The van der Waals surface area contributed by atoms with Crippen LogP contribution in [0, 0.1) is 0 Å². The van der Waals surface area contributed by atoms with Crippen molar-refractivity contribution in [3.63, 3.8) is 0 Å². The first kappa shape index (κ1) is 26.5. The minimum atomic E-state index is -0.363. The van der Waals surface area contributed by atoms with Crippen LogP contribution in [-0.4, -0.2) is 21.7 Å². The molecule has 26 heavy (non-hydrogen) atoms. The largest absolute Gasteiger partial charge is 0.369 e. The van der Waals surface area contributed by atoms with Crippen LogP contribution in [0.3, 0.4) is 0 Å². The lowest BCUT2D eigenvalue weighted by Gasteiger charge is -2.12. The third kappa shape index (κ3) is 8.56. The van der Waals surface area contributed by atoms with Gasteiger partial charge in [0.2, 0.25) is 5.91 Å². The van der Waals surface area contributed by atoms with Gasteiger partial charge in [0.05, 0.1) is 17.1 Å². The van der Waals surface area contributed by atoms with E-state index in [1.807, 2.05) is 59.1 Å². The lowest BCUT2D eigenvalue weighted by Crippen LogP contribution is -2.18. The molecule has 1 aromatic heterocycles. The number of carbonyl (C=O) groups is 1. The Morgan fingerprint density at radius 2 is 1.88 bits per heavy atom. The van der Waals surface area contributed by atoms with Gasteiger partial charge < -0.3 is 10.3 Å². The van der Waals surface area contributed by atoms with Crippen molar-refractivity contribution >= 4 is 17.7 Å². The van der Waals surface area contributed by atoms with Gasteiger partial charge in [-0.3, -0.25) is 4.79 Å². The Morgan fingerprint density at radius 3 is 2.27 bits per heavy atom. The second-order valence-corrected chi connectivity index (χ2v) is 6.06. The van der Waals surface area contributed by atoms with E-state index in [1.54, 1.807) is 17.8 Å². The first-order chi connectivity index (χ1) is 12.4. The zero-order valence-electron chi connectivity index (χ0n) is 17.8. The highest BCUT2D eigenvalue weighted by Gasteiger charge is 2.20. The van der Waals surface area contributed by atoms with E-state index in [9.17, 15) is 4.79 Å². The predicted molar refractivity (Wildman–Crippen MR) is 117 cm³/mol. The number of primary amides is 1. The van der Waals surface area contributed by atoms with Crippen molar-refractivity contribution in [1.29, 1.82) is 0 Å². The summed E-state index contributed by atoms with van der Waals surface area (Å²) in [5, 5.41) is 1.10. The van der Waals surface area contributed by atoms with E-state index in [4.69, 9.17) is 5.73 Å². The molecule has 1 amide bonds. The third-order valence-corrected chi connectivity index (χ3v) is 4.07. The molecule has 0 spiro atoms. The molecule has 0 aliphatic carbocycles. The number of hydrogen-bond donors (Lipinski definition) is 1. The summed E-state index contributed by atoms with van der Waals surface area (Å²) in [6.45, 7) is 18.6. The first-order valence-corrected chi connectivity index (χ1v) is 10.5. The van der Waals surface area contributed by atoms with Gasteiger partial charge in [-0.2, -0.15) is 0 Å². The highest BCUT2D eigenvalue weighted by molar-refractivity contribution is 7.98. The summed E-state index contributed by atoms with van der Waals surface area (Å²) in [7, 11) is 0. The van der Waals surface area contributed by atoms with Crippen LogP contribution >= 0.6 is 11.8 Å². The van der Waals surface area contributed by atoms with Gasteiger partial charge in [-0.25, -0.2) is 4.98 Å². The van der Waals surface area contributed by atoms with Crippen LogP contribution in [0.15, 0.2) is 41.5 Å². The number of rotatable bonds is 8. The van der Waals surface area contributed by atoms with E-state index in [1.165, 1.54) is 0 Å². The molecule has 1 heterocycles. The molecule has 4 nitrogen and oxygen atoms in total. The van der Waals surface area contributed by atoms with Gasteiger partial charge in [0, 0.05) is 6.54 Å². The van der Waals surface area contributed by atoms with Gasteiger partial charge in [0.25, 0.3) is 0 Å². The molecular weight excluding hydrogens is 342 g/mol. The summed E-state index contributed by atoms with van der Waals surface area (Å²) in [5.74, 6) is 0.665. The molecule has 0 saturated carbocycles. The Hall–Kier alpha value is -1.75. The lowest BCUT2D eigenvalue weighted by atomic mass is 10.1. The van der Waals surface area contributed by atoms with E-state index >= 15 is 0 Å². The van der Waals surface area contributed by atoms with Crippen molar-refractivity contribution in [3.05, 3.63) is 48.0 Å². The predicted octanol–water partition coefficient (Wildman–Crippen LogP) is 5.50. The molecule has 0 radical (unpaired) electrons. The molecule has 1 rings (SSSR count). The fourth-order valence-corrected chi connectivity index (χ4v) is 3.04. The SMILES string of the molecule is C=C/C=C\C(=C/C)Cn1c(CC(N)=O)nc(C(C)C)c1SC.CC.CC. The zero-order valence-corrected chi connectivity index (χ0v) is 18.6. The minimum absolute atomic E-state index is 0.155. The van der Waals surface area contributed by atoms with Crippen molar-refractivity contribution in [3.8, 4) is 0 Å². The quantitative estimate of drug-likeness (QED) is 0.479. The molecule has 1 aromatic rings.